The van der Waals surface area contributed by atoms with Gasteiger partial charge in [-0.3, -0.25) is 4.79 Å². The van der Waals surface area contributed by atoms with Crippen LogP contribution in [0.15, 0.2) is 11.8 Å². The summed E-state index contributed by atoms with van der Waals surface area (Å²) in [5, 5.41) is 8.25. The molecule has 0 spiro atoms. The number of hydrogen-bond acceptors (Lipinski definition) is 2. The van der Waals surface area contributed by atoms with Gasteiger partial charge in [-0.2, -0.15) is 0 Å². The summed E-state index contributed by atoms with van der Waals surface area (Å²) in [6.07, 6.45) is 1.30. The van der Waals surface area contributed by atoms with Gasteiger partial charge in [0.05, 0.1) is 6.26 Å². The number of carbonyl (C=O) groups is 1. The molecule has 0 aliphatic carbocycles. The Morgan fingerprint density at radius 3 is 2.22 bits per heavy atom. The molecule has 2 nitrogen and oxygen atoms in total. The molecule has 9 heavy (non-hydrogen) atoms. The first-order valence-electron chi connectivity index (χ1n) is 2.56. The average molecular weight is 138 g/mol. The van der Waals surface area contributed by atoms with Gasteiger partial charge >= 0.3 is 29.6 Å². The molecule has 48 valence electrons. The summed E-state index contributed by atoms with van der Waals surface area (Å²) in [5.74, 6) is -0.00694. The minimum absolute atomic E-state index is 0. The van der Waals surface area contributed by atoms with Gasteiger partial charge in [-0.05, 0) is 6.92 Å². The van der Waals surface area contributed by atoms with Gasteiger partial charge in [0.15, 0.2) is 5.78 Å². The number of rotatable bonds is 2. The summed E-state index contributed by atoms with van der Waals surface area (Å²) in [6.45, 7) is 3.35. The van der Waals surface area contributed by atoms with Gasteiger partial charge in [-0.1, -0.05) is 6.92 Å². The standard InChI is InChI=1S/C6H10O2.Na.H/c1-3-6(8)5(2)4-7;;/h4,7H,3H2,1-2H3;;/b5-4+;;. The van der Waals surface area contributed by atoms with Gasteiger partial charge in [-0.25, -0.2) is 0 Å². The fraction of sp³-hybridized carbons (Fsp3) is 0.500. The second kappa shape index (κ2) is 6.33. The Balaban J connectivity index is 0. The maximum absolute atomic E-state index is 10.5. The van der Waals surface area contributed by atoms with Crippen molar-refractivity contribution in [3.05, 3.63) is 11.8 Å². The molecule has 0 aliphatic heterocycles. The first-order valence-corrected chi connectivity index (χ1v) is 2.56. The van der Waals surface area contributed by atoms with E-state index in [1.165, 1.54) is 0 Å². The topological polar surface area (TPSA) is 37.3 Å². The zero-order valence-corrected chi connectivity index (χ0v) is 5.14. The van der Waals surface area contributed by atoms with Crippen LogP contribution < -0.4 is 0 Å². The van der Waals surface area contributed by atoms with Gasteiger partial charge in [0, 0.05) is 12.0 Å². The van der Waals surface area contributed by atoms with E-state index in [1.807, 2.05) is 0 Å². The van der Waals surface area contributed by atoms with Crippen molar-refractivity contribution in [2.45, 2.75) is 20.3 Å². The molecule has 0 amide bonds. The van der Waals surface area contributed by atoms with Gasteiger partial charge in [0.1, 0.15) is 0 Å². The van der Waals surface area contributed by atoms with E-state index in [1.54, 1.807) is 13.8 Å². The van der Waals surface area contributed by atoms with Crippen LogP contribution in [0.4, 0.5) is 0 Å². The fourth-order valence-electron chi connectivity index (χ4n) is 0.351. The Morgan fingerprint density at radius 2 is 2.11 bits per heavy atom. The van der Waals surface area contributed by atoms with Crippen LogP contribution in [0.1, 0.15) is 20.3 Å². The van der Waals surface area contributed by atoms with E-state index < -0.39 is 0 Å². The quantitative estimate of drug-likeness (QED) is 0.348. The van der Waals surface area contributed by atoms with Crippen LogP contribution in [0, 0.1) is 0 Å². The summed E-state index contributed by atoms with van der Waals surface area (Å²) in [7, 11) is 0. The van der Waals surface area contributed by atoms with Crippen molar-refractivity contribution >= 4 is 35.3 Å². The molecule has 0 rings (SSSR count). The Labute approximate surface area is 77.2 Å². The summed E-state index contributed by atoms with van der Waals surface area (Å²) < 4.78 is 0. The Kier molecular flexibility index (Phi) is 8.40. The molecule has 0 aromatic rings. The molecule has 0 radical (unpaired) electrons. The van der Waals surface area contributed by atoms with Crippen LogP contribution in [-0.2, 0) is 4.79 Å². The van der Waals surface area contributed by atoms with Crippen molar-refractivity contribution in [1.29, 1.82) is 0 Å². The molecule has 0 unspecified atom stereocenters. The van der Waals surface area contributed by atoms with E-state index in [0.717, 1.165) is 6.26 Å². The van der Waals surface area contributed by atoms with E-state index in [-0.39, 0.29) is 35.3 Å². The monoisotopic (exact) mass is 138 g/mol. The molecule has 0 atom stereocenters. The number of allylic oxidation sites excluding steroid dienone is 1. The van der Waals surface area contributed by atoms with E-state index in [2.05, 4.69) is 0 Å². The maximum atomic E-state index is 10.5. The van der Waals surface area contributed by atoms with Crippen LogP contribution in [0.2, 0.25) is 0 Å². The van der Waals surface area contributed by atoms with Crippen LogP contribution in [0.25, 0.3) is 0 Å². The Hall–Kier alpha value is 0.210. The number of carbonyl (C=O) groups excluding carboxylic acids is 1. The first kappa shape index (κ1) is 11.9. The van der Waals surface area contributed by atoms with Crippen molar-refractivity contribution in [3.63, 3.8) is 0 Å². The molecule has 0 aliphatic rings. The van der Waals surface area contributed by atoms with Gasteiger partial charge in [-0.15, -0.1) is 0 Å². The molecular weight excluding hydrogens is 127 g/mol. The van der Waals surface area contributed by atoms with Crippen molar-refractivity contribution in [1.82, 2.24) is 0 Å². The van der Waals surface area contributed by atoms with Crippen LogP contribution in [0.3, 0.4) is 0 Å². The fourth-order valence-corrected chi connectivity index (χ4v) is 0.351. The molecule has 0 aromatic carbocycles. The molecule has 1 N–H and O–H groups in total. The third-order valence-electron chi connectivity index (χ3n) is 0.955. The SMILES string of the molecule is CCC(=O)/C(C)=C/O.[NaH]. The van der Waals surface area contributed by atoms with Crippen LogP contribution in [-0.4, -0.2) is 40.4 Å². The van der Waals surface area contributed by atoms with Gasteiger partial charge in [0.2, 0.25) is 0 Å². The molecule has 3 heteroatoms. The zero-order valence-electron chi connectivity index (χ0n) is 5.14. The predicted molar refractivity (Wildman–Crippen MR) is 38.8 cm³/mol. The normalized spacial score (nSPS) is 10.2. The molecule has 0 saturated carbocycles. The van der Waals surface area contributed by atoms with Crippen molar-refractivity contribution in [2.24, 2.45) is 0 Å². The second-order valence-electron chi connectivity index (χ2n) is 1.59. The van der Waals surface area contributed by atoms with Crippen LogP contribution >= 0.6 is 0 Å². The number of Topliss-reactive ketones (excluding diaryl/α,β-unsaturated/α-hetero) is 1. The summed E-state index contributed by atoms with van der Waals surface area (Å²) in [6, 6.07) is 0. The van der Waals surface area contributed by atoms with Crippen molar-refractivity contribution in [3.8, 4) is 0 Å². The van der Waals surface area contributed by atoms with Gasteiger partial charge < -0.3 is 5.11 Å². The Morgan fingerprint density at radius 1 is 1.67 bits per heavy atom. The minimum atomic E-state index is -0.00694. The summed E-state index contributed by atoms with van der Waals surface area (Å²) in [4.78, 5) is 10.5. The molecule has 0 saturated heterocycles. The average Bonchev–Trinajstić information content (AvgIpc) is 1.84. The Bertz CT molecular complexity index is 118. The van der Waals surface area contributed by atoms with Crippen molar-refractivity contribution in [2.75, 3.05) is 0 Å². The van der Waals surface area contributed by atoms with E-state index in [0.29, 0.717) is 12.0 Å². The second-order valence-corrected chi connectivity index (χ2v) is 1.59. The molecule has 0 heterocycles. The number of aliphatic hydroxyl groups is 1. The first-order chi connectivity index (χ1) is 3.72. The van der Waals surface area contributed by atoms with E-state index in [9.17, 15) is 4.79 Å². The molecular formula is C6H11NaO2. The molecule has 0 fully saturated rings. The van der Waals surface area contributed by atoms with E-state index >= 15 is 0 Å². The molecule has 0 aromatic heterocycles. The van der Waals surface area contributed by atoms with Crippen LogP contribution in [0.5, 0.6) is 0 Å². The van der Waals surface area contributed by atoms with Gasteiger partial charge in [0.25, 0.3) is 0 Å². The number of aliphatic hydroxyl groups excluding tert-OH is 1. The summed E-state index contributed by atoms with van der Waals surface area (Å²) in [5.41, 5.74) is 0.424. The predicted octanol–water partition coefficient (Wildman–Crippen LogP) is 0.779. The number of ketones is 1. The molecule has 0 bridgehead atoms. The summed E-state index contributed by atoms with van der Waals surface area (Å²) >= 11 is 0. The third kappa shape index (κ3) is 4.70. The zero-order chi connectivity index (χ0) is 6.57. The van der Waals surface area contributed by atoms with Crippen molar-refractivity contribution < 1.29 is 9.90 Å². The third-order valence-corrected chi connectivity index (χ3v) is 0.955. The van der Waals surface area contributed by atoms with E-state index in [4.69, 9.17) is 5.11 Å². The number of hydrogen-bond donors (Lipinski definition) is 1.